The van der Waals surface area contributed by atoms with Gasteiger partial charge < -0.3 is 10.7 Å². The maximum absolute atomic E-state index is 12.3. The number of amides is 1. The van der Waals surface area contributed by atoms with Crippen molar-refractivity contribution in [3.05, 3.63) is 30.0 Å². The number of nitrogen functional groups attached to an aromatic ring is 1. The number of nitrogens with two attached hydrogens (primary N) is 1. The van der Waals surface area contributed by atoms with Crippen LogP contribution in [0.3, 0.4) is 0 Å². The molecule has 18 heavy (non-hydrogen) atoms. The molecule has 1 aromatic carbocycles. The van der Waals surface area contributed by atoms with Crippen molar-refractivity contribution in [1.29, 1.82) is 0 Å². The topological polar surface area (TPSA) is 71.3 Å². The Balaban J connectivity index is 1.96. The molecule has 94 valence electrons. The number of anilines is 1. The Morgan fingerprint density at radius 3 is 3.06 bits per heavy atom. The third-order valence-corrected chi connectivity index (χ3v) is 3.17. The van der Waals surface area contributed by atoms with E-state index in [0.29, 0.717) is 24.4 Å². The molecule has 2 heterocycles. The highest BCUT2D eigenvalue weighted by Gasteiger charge is 2.22. The summed E-state index contributed by atoms with van der Waals surface area (Å²) in [5.74, 6) is -0.0919. The second-order valence-corrected chi connectivity index (χ2v) is 4.45. The van der Waals surface area contributed by atoms with Crippen LogP contribution in [0.5, 0.6) is 0 Å². The van der Waals surface area contributed by atoms with E-state index in [4.69, 9.17) is 10.6 Å². The van der Waals surface area contributed by atoms with E-state index in [2.05, 4.69) is 4.98 Å². The molecule has 1 amide bonds. The number of hydrogen-bond donors (Lipinski definition) is 2. The minimum absolute atomic E-state index is 0.0919. The van der Waals surface area contributed by atoms with Gasteiger partial charge in [-0.05, 0) is 31.0 Å². The molecule has 0 aliphatic carbocycles. The Kier molecular flexibility index (Phi) is 2.68. The Morgan fingerprint density at radius 2 is 2.28 bits per heavy atom. The fourth-order valence-corrected chi connectivity index (χ4v) is 2.21. The summed E-state index contributed by atoms with van der Waals surface area (Å²) in [5.41, 5.74) is 7.89. The standard InChI is InChI=1S/C13H15N3O2/c14-9-3-4-10-11(8-15-12(10)7-9)13(17)16-5-1-2-6-18-16/h3-4,7-8,15H,1-2,5-6,14H2. The number of carbonyl (C=O) groups excluding carboxylic acids is 1. The number of fused-ring (bicyclic) bond motifs is 1. The summed E-state index contributed by atoms with van der Waals surface area (Å²) < 4.78 is 0. The molecule has 1 aliphatic heterocycles. The van der Waals surface area contributed by atoms with Crippen LogP contribution in [0.2, 0.25) is 0 Å². The van der Waals surface area contributed by atoms with E-state index >= 15 is 0 Å². The van der Waals surface area contributed by atoms with Crippen molar-refractivity contribution >= 4 is 22.5 Å². The van der Waals surface area contributed by atoms with Gasteiger partial charge in [0.2, 0.25) is 0 Å². The van der Waals surface area contributed by atoms with E-state index in [-0.39, 0.29) is 5.91 Å². The van der Waals surface area contributed by atoms with Crippen LogP contribution in [0.15, 0.2) is 24.4 Å². The van der Waals surface area contributed by atoms with Crippen molar-refractivity contribution in [2.75, 3.05) is 18.9 Å². The highest BCUT2D eigenvalue weighted by molar-refractivity contribution is 6.06. The highest BCUT2D eigenvalue weighted by atomic mass is 16.7. The van der Waals surface area contributed by atoms with Gasteiger partial charge in [-0.3, -0.25) is 9.63 Å². The van der Waals surface area contributed by atoms with E-state index in [1.165, 1.54) is 5.06 Å². The van der Waals surface area contributed by atoms with Crippen LogP contribution in [0, 0.1) is 0 Å². The van der Waals surface area contributed by atoms with Crippen molar-refractivity contribution in [2.24, 2.45) is 0 Å². The zero-order valence-electron chi connectivity index (χ0n) is 9.98. The first-order valence-corrected chi connectivity index (χ1v) is 6.07. The van der Waals surface area contributed by atoms with Crippen molar-refractivity contribution in [1.82, 2.24) is 10.0 Å². The lowest BCUT2D eigenvalue weighted by molar-refractivity contribution is -0.144. The summed E-state index contributed by atoms with van der Waals surface area (Å²) in [6.45, 7) is 1.27. The Hall–Kier alpha value is -2.01. The monoisotopic (exact) mass is 245 g/mol. The zero-order chi connectivity index (χ0) is 12.5. The first-order chi connectivity index (χ1) is 8.75. The second kappa shape index (κ2) is 4.34. The van der Waals surface area contributed by atoms with Crippen LogP contribution in [0.25, 0.3) is 10.9 Å². The molecule has 1 fully saturated rings. The molecular weight excluding hydrogens is 230 g/mol. The van der Waals surface area contributed by atoms with Crippen molar-refractivity contribution in [2.45, 2.75) is 12.8 Å². The lowest BCUT2D eigenvalue weighted by Gasteiger charge is -2.25. The van der Waals surface area contributed by atoms with Gasteiger partial charge in [0.25, 0.3) is 5.91 Å². The normalized spacial score (nSPS) is 16.1. The zero-order valence-corrected chi connectivity index (χ0v) is 9.98. The fourth-order valence-electron chi connectivity index (χ4n) is 2.21. The van der Waals surface area contributed by atoms with Gasteiger partial charge in [0.15, 0.2) is 0 Å². The number of nitrogens with one attached hydrogen (secondary N) is 1. The number of H-pyrrole nitrogens is 1. The summed E-state index contributed by atoms with van der Waals surface area (Å²) in [4.78, 5) is 20.8. The predicted octanol–water partition coefficient (Wildman–Crippen LogP) is 1.92. The fraction of sp³-hybridized carbons (Fsp3) is 0.308. The molecule has 5 nitrogen and oxygen atoms in total. The number of hydroxylamine groups is 2. The minimum Gasteiger partial charge on any atom is -0.399 e. The molecule has 0 bridgehead atoms. The maximum Gasteiger partial charge on any atom is 0.279 e. The smallest absolute Gasteiger partial charge is 0.279 e. The molecule has 2 aromatic rings. The van der Waals surface area contributed by atoms with Gasteiger partial charge in [-0.15, -0.1) is 0 Å². The third kappa shape index (κ3) is 1.82. The largest absolute Gasteiger partial charge is 0.399 e. The van der Waals surface area contributed by atoms with Gasteiger partial charge in [-0.2, -0.15) is 0 Å². The number of aromatic amines is 1. The van der Waals surface area contributed by atoms with E-state index in [1.807, 2.05) is 12.1 Å². The van der Waals surface area contributed by atoms with Crippen LogP contribution in [-0.2, 0) is 4.84 Å². The summed E-state index contributed by atoms with van der Waals surface area (Å²) in [7, 11) is 0. The van der Waals surface area contributed by atoms with E-state index in [1.54, 1.807) is 12.3 Å². The molecular formula is C13H15N3O2. The molecule has 0 saturated carbocycles. The summed E-state index contributed by atoms with van der Waals surface area (Å²) in [6.07, 6.45) is 3.71. The average molecular weight is 245 g/mol. The van der Waals surface area contributed by atoms with Gasteiger partial charge in [0, 0.05) is 29.3 Å². The van der Waals surface area contributed by atoms with Crippen LogP contribution in [-0.4, -0.2) is 29.1 Å². The Morgan fingerprint density at radius 1 is 1.39 bits per heavy atom. The maximum atomic E-state index is 12.3. The summed E-state index contributed by atoms with van der Waals surface area (Å²) >= 11 is 0. The van der Waals surface area contributed by atoms with Crippen molar-refractivity contribution in [3.8, 4) is 0 Å². The number of carbonyl (C=O) groups is 1. The first kappa shape index (κ1) is 11.1. The van der Waals surface area contributed by atoms with Crippen LogP contribution < -0.4 is 5.73 Å². The Bertz CT molecular complexity index is 585. The molecule has 1 aliphatic rings. The third-order valence-electron chi connectivity index (χ3n) is 3.17. The van der Waals surface area contributed by atoms with Gasteiger partial charge in [0.1, 0.15) is 0 Å². The number of hydrogen-bond acceptors (Lipinski definition) is 3. The van der Waals surface area contributed by atoms with Crippen molar-refractivity contribution in [3.63, 3.8) is 0 Å². The molecule has 0 radical (unpaired) electrons. The van der Waals surface area contributed by atoms with E-state index in [0.717, 1.165) is 23.7 Å². The van der Waals surface area contributed by atoms with Gasteiger partial charge in [0.05, 0.1) is 12.2 Å². The first-order valence-electron chi connectivity index (χ1n) is 6.07. The lowest BCUT2D eigenvalue weighted by atomic mass is 10.1. The quantitative estimate of drug-likeness (QED) is 0.754. The Labute approximate surface area is 104 Å². The highest BCUT2D eigenvalue weighted by Crippen LogP contribution is 2.22. The number of rotatable bonds is 1. The van der Waals surface area contributed by atoms with Gasteiger partial charge in [-0.1, -0.05) is 0 Å². The summed E-state index contributed by atoms with van der Waals surface area (Å²) in [5, 5.41) is 2.33. The van der Waals surface area contributed by atoms with E-state index < -0.39 is 0 Å². The van der Waals surface area contributed by atoms with Gasteiger partial charge >= 0.3 is 0 Å². The molecule has 3 rings (SSSR count). The molecule has 1 aromatic heterocycles. The van der Waals surface area contributed by atoms with Crippen LogP contribution >= 0.6 is 0 Å². The molecule has 0 atom stereocenters. The summed E-state index contributed by atoms with van der Waals surface area (Å²) in [6, 6.07) is 5.48. The molecule has 5 heteroatoms. The minimum atomic E-state index is -0.0919. The SMILES string of the molecule is Nc1ccc2c(C(=O)N3CCCCO3)c[nH]c2c1. The van der Waals surface area contributed by atoms with Crippen LogP contribution in [0.4, 0.5) is 5.69 Å². The van der Waals surface area contributed by atoms with Gasteiger partial charge in [-0.25, -0.2) is 5.06 Å². The second-order valence-electron chi connectivity index (χ2n) is 4.45. The molecule has 0 unspecified atom stereocenters. The van der Waals surface area contributed by atoms with E-state index in [9.17, 15) is 4.79 Å². The molecule has 1 saturated heterocycles. The number of nitrogens with zero attached hydrogens (tertiary/aromatic N) is 1. The molecule has 0 spiro atoms. The number of benzene rings is 1. The molecule has 3 N–H and O–H groups in total. The van der Waals surface area contributed by atoms with Crippen molar-refractivity contribution < 1.29 is 9.63 Å². The number of aromatic nitrogens is 1. The van der Waals surface area contributed by atoms with Crippen LogP contribution in [0.1, 0.15) is 23.2 Å². The lowest BCUT2D eigenvalue weighted by Crippen LogP contribution is -2.35. The predicted molar refractivity (Wildman–Crippen MR) is 68.9 cm³/mol. The average Bonchev–Trinajstić information content (AvgIpc) is 2.81.